The van der Waals surface area contributed by atoms with Crippen LogP contribution in [0, 0.1) is 6.92 Å². The van der Waals surface area contributed by atoms with Crippen molar-refractivity contribution in [2.45, 2.75) is 58.3 Å². The van der Waals surface area contributed by atoms with Crippen LogP contribution < -0.4 is 14.3 Å². The SMILES string of the molecule is C=CC=C(C)CCC1c2ccccc2-c2ccc([Si](C)(C)C)c[n+]2C1C(=C)n1c(C)[n+](-c2c(-c3ccccc3)cccc2-c2ccccc2)c2ccccc21. The molecule has 0 saturated heterocycles. The zero-order chi connectivity index (χ0) is 38.3. The number of imidazole rings is 1. The lowest BCUT2D eigenvalue weighted by Crippen LogP contribution is -2.53. The predicted molar refractivity (Wildman–Crippen MR) is 234 cm³/mol. The minimum absolute atomic E-state index is 0.0151. The van der Waals surface area contributed by atoms with Crippen LogP contribution in [0.2, 0.25) is 19.6 Å². The molecule has 55 heavy (non-hydrogen) atoms. The molecular formula is C51H51N3Si+2. The Labute approximate surface area is 327 Å². The van der Waals surface area contributed by atoms with Crippen molar-refractivity contribution in [2.75, 3.05) is 0 Å². The summed E-state index contributed by atoms with van der Waals surface area (Å²) in [5.74, 6) is 1.33. The molecule has 7 aromatic rings. The van der Waals surface area contributed by atoms with Crippen LogP contribution in [0.15, 0.2) is 177 Å². The second kappa shape index (κ2) is 14.8. The maximum Gasteiger partial charge on any atom is 0.264 e. The zero-order valence-corrected chi connectivity index (χ0v) is 33.8. The summed E-state index contributed by atoms with van der Waals surface area (Å²) in [5, 5.41) is 1.45. The summed E-state index contributed by atoms with van der Waals surface area (Å²) in [6.07, 6.45) is 8.52. The monoisotopic (exact) mass is 733 g/mol. The Morgan fingerprint density at radius 1 is 0.727 bits per heavy atom. The molecule has 0 N–H and O–H groups in total. The topological polar surface area (TPSA) is 12.7 Å². The van der Waals surface area contributed by atoms with Gasteiger partial charge >= 0.3 is 0 Å². The van der Waals surface area contributed by atoms with Gasteiger partial charge in [-0.15, -0.1) is 0 Å². The van der Waals surface area contributed by atoms with E-state index in [1.807, 2.05) is 6.08 Å². The van der Waals surface area contributed by atoms with Crippen LogP contribution in [0.4, 0.5) is 0 Å². The van der Waals surface area contributed by atoms with Gasteiger partial charge in [0.1, 0.15) is 5.69 Å². The summed E-state index contributed by atoms with van der Waals surface area (Å²) < 4.78 is 7.53. The highest BCUT2D eigenvalue weighted by Crippen LogP contribution is 2.46. The van der Waals surface area contributed by atoms with E-state index in [1.54, 1.807) is 0 Å². The number of hydrogen-bond acceptors (Lipinski definition) is 0. The molecule has 2 atom stereocenters. The Hall–Kier alpha value is -5.84. The van der Waals surface area contributed by atoms with E-state index in [0.717, 1.165) is 35.4 Å². The molecule has 272 valence electrons. The predicted octanol–water partition coefficient (Wildman–Crippen LogP) is 11.8. The number of hydrogen-bond donors (Lipinski definition) is 0. The van der Waals surface area contributed by atoms with Crippen LogP contribution in [-0.2, 0) is 0 Å². The van der Waals surface area contributed by atoms with Gasteiger partial charge in [0.2, 0.25) is 11.7 Å². The minimum atomic E-state index is -1.65. The van der Waals surface area contributed by atoms with Crippen LogP contribution in [-0.4, -0.2) is 12.6 Å². The van der Waals surface area contributed by atoms with Crippen LogP contribution in [0.25, 0.3) is 55.9 Å². The molecule has 0 aliphatic carbocycles. The fourth-order valence-electron chi connectivity index (χ4n) is 8.77. The van der Waals surface area contributed by atoms with Crippen molar-refractivity contribution in [1.82, 2.24) is 4.57 Å². The zero-order valence-electron chi connectivity index (χ0n) is 32.8. The smallest absolute Gasteiger partial charge is 0.191 e. The normalized spacial score (nSPS) is 15.4. The van der Waals surface area contributed by atoms with Crippen molar-refractivity contribution in [2.24, 2.45) is 0 Å². The molecular weight excluding hydrogens is 683 g/mol. The number of nitrogens with zero attached hydrogens (tertiary/aromatic N) is 3. The molecule has 2 aromatic heterocycles. The van der Waals surface area contributed by atoms with E-state index in [1.165, 1.54) is 55.5 Å². The lowest BCUT2D eigenvalue weighted by molar-refractivity contribution is -0.704. The van der Waals surface area contributed by atoms with Gasteiger partial charge in [0, 0.05) is 34.9 Å². The second-order valence-electron chi connectivity index (χ2n) is 16.0. The number of para-hydroxylation sites is 3. The Bertz CT molecular complexity index is 2530. The Morgan fingerprint density at radius 2 is 1.33 bits per heavy atom. The molecule has 2 unspecified atom stereocenters. The maximum atomic E-state index is 5.11. The summed E-state index contributed by atoms with van der Waals surface area (Å²) >= 11 is 0. The summed E-state index contributed by atoms with van der Waals surface area (Å²) in [7, 11) is -1.65. The average molecular weight is 734 g/mol. The van der Waals surface area contributed by atoms with Crippen molar-refractivity contribution in [3.8, 4) is 39.2 Å². The van der Waals surface area contributed by atoms with Gasteiger partial charge in [-0.1, -0.05) is 159 Å². The van der Waals surface area contributed by atoms with Crippen molar-refractivity contribution in [1.29, 1.82) is 0 Å². The third-order valence-corrected chi connectivity index (χ3v) is 13.5. The van der Waals surface area contributed by atoms with Gasteiger partial charge < -0.3 is 0 Å². The Morgan fingerprint density at radius 3 is 1.98 bits per heavy atom. The van der Waals surface area contributed by atoms with E-state index in [4.69, 9.17) is 6.58 Å². The van der Waals surface area contributed by atoms with E-state index in [0.29, 0.717) is 0 Å². The number of benzene rings is 5. The van der Waals surface area contributed by atoms with Crippen LogP contribution in [0.1, 0.15) is 43.1 Å². The molecule has 4 heteroatoms. The highest BCUT2D eigenvalue weighted by molar-refractivity contribution is 6.88. The van der Waals surface area contributed by atoms with Crippen molar-refractivity contribution < 1.29 is 9.13 Å². The first-order chi connectivity index (χ1) is 26.7. The Kier molecular flexibility index (Phi) is 9.71. The third-order valence-electron chi connectivity index (χ3n) is 11.5. The summed E-state index contributed by atoms with van der Waals surface area (Å²) in [5.41, 5.74) is 14.6. The van der Waals surface area contributed by atoms with Gasteiger partial charge in [0.05, 0.1) is 14.0 Å². The third kappa shape index (κ3) is 6.55. The first-order valence-corrected chi connectivity index (χ1v) is 23.1. The van der Waals surface area contributed by atoms with Crippen LogP contribution in [0.5, 0.6) is 0 Å². The van der Waals surface area contributed by atoms with E-state index < -0.39 is 8.07 Å². The van der Waals surface area contributed by atoms with E-state index in [2.05, 4.69) is 206 Å². The van der Waals surface area contributed by atoms with Crippen molar-refractivity contribution in [3.05, 3.63) is 188 Å². The van der Waals surface area contributed by atoms with Gasteiger partial charge in [0.15, 0.2) is 22.9 Å². The molecule has 1 aliphatic rings. The van der Waals surface area contributed by atoms with Gasteiger partial charge in [-0.05, 0) is 61.2 Å². The summed E-state index contributed by atoms with van der Waals surface area (Å²) in [6, 6.07) is 51.0. The molecule has 0 bridgehead atoms. The highest BCUT2D eigenvalue weighted by atomic mass is 28.3. The molecule has 3 heterocycles. The molecule has 8 rings (SSSR count). The summed E-state index contributed by atoms with van der Waals surface area (Å²) in [4.78, 5) is 0. The maximum absolute atomic E-state index is 5.11. The van der Waals surface area contributed by atoms with E-state index in [-0.39, 0.29) is 12.0 Å². The number of allylic oxidation sites excluding steroid dienone is 4. The standard InChI is InChI=1S/C51H51N3Si/c1-8-20-36(2)31-33-46-44-25-15-16-26-45(44)47-34-32-41(55(5,6)7)35-52(47)50(46)37(3)53-38(4)54(49-30-18-17-29-48(49)53)51-42(39-21-11-9-12-22-39)27-19-28-43(51)40-23-13-10-14-24-40/h8-30,32,34-35,46,50H,1,3,31,33H2,2,4-7H3/q+2. The fraction of sp³-hybridized carbons (Fsp3) is 0.176. The lowest BCUT2D eigenvalue weighted by Gasteiger charge is -2.31. The first-order valence-electron chi connectivity index (χ1n) is 19.6. The van der Waals surface area contributed by atoms with Gasteiger partial charge in [-0.25, -0.2) is 0 Å². The molecule has 5 aromatic carbocycles. The largest absolute Gasteiger partial charge is 0.264 e. The molecule has 0 radical (unpaired) electrons. The van der Waals surface area contributed by atoms with Gasteiger partial charge in [-0.3, -0.25) is 0 Å². The molecule has 3 nitrogen and oxygen atoms in total. The molecule has 1 aliphatic heterocycles. The molecule has 0 spiro atoms. The lowest BCUT2D eigenvalue weighted by atomic mass is 9.78. The molecule has 0 amide bonds. The number of aromatic nitrogens is 3. The number of fused-ring (bicyclic) bond motifs is 4. The number of rotatable bonds is 10. The second-order valence-corrected chi connectivity index (χ2v) is 21.1. The first kappa shape index (κ1) is 36.1. The van der Waals surface area contributed by atoms with Crippen LogP contribution >= 0.6 is 0 Å². The minimum Gasteiger partial charge on any atom is -0.191 e. The average Bonchev–Trinajstić information content (AvgIpc) is 3.50. The fourth-order valence-corrected chi connectivity index (χ4v) is 9.87. The quantitative estimate of drug-likeness (QED) is 0.0754. The van der Waals surface area contributed by atoms with Gasteiger partial charge in [-0.2, -0.15) is 13.7 Å². The molecule has 0 fully saturated rings. The van der Waals surface area contributed by atoms with E-state index >= 15 is 0 Å². The highest BCUT2D eigenvalue weighted by Gasteiger charge is 2.46. The van der Waals surface area contributed by atoms with Crippen LogP contribution in [0.3, 0.4) is 0 Å². The number of pyridine rings is 1. The summed E-state index contributed by atoms with van der Waals surface area (Å²) in [6.45, 7) is 20.9. The van der Waals surface area contributed by atoms with Gasteiger partial charge in [0.25, 0.3) is 5.82 Å². The molecule has 0 saturated carbocycles. The Balaban J connectivity index is 1.40. The van der Waals surface area contributed by atoms with Crippen molar-refractivity contribution >= 4 is 30.0 Å². The van der Waals surface area contributed by atoms with E-state index in [9.17, 15) is 0 Å². The van der Waals surface area contributed by atoms with Crippen molar-refractivity contribution in [3.63, 3.8) is 0 Å².